The minimum absolute atomic E-state index is 0.526. The largest absolute Gasteiger partial charge is 0.384 e. The van der Waals surface area contributed by atoms with Gasteiger partial charge in [0, 0.05) is 12.6 Å². The van der Waals surface area contributed by atoms with Crippen LogP contribution in [0.4, 0.5) is 5.82 Å². The number of hydrogen-bond acceptors (Lipinski definition) is 2. The predicted molar refractivity (Wildman–Crippen MR) is 81.2 cm³/mol. The van der Waals surface area contributed by atoms with Gasteiger partial charge in [-0.05, 0) is 68.1 Å². The highest BCUT2D eigenvalue weighted by molar-refractivity contribution is 5.31. The number of nitrogens with zero attached hydrogens (tertiary/aromatic N) is 2. The zero-order valence-electron chi connectivity index (χ0n) is 12.6. The minimum Gasteiger partial charge on any atom is -0.384 e. The van der Waals surface area contributed by atoms with Gasteiger partial charge in [0.05, 0.1) is 5.69 Å². The van der Waals surface area contributed by atoms with Crippen LogP contribution in [-0.2, 0) is 13.0 Å². The molecule has 0 radical (unpaired) electrons. The highest BCUT2D eigenvalue weighted by Gasteiger charge is 2.51. The SMILES string of the molecule is CCCc1cc(N)n(CC23CC4CC(CC(C4)C2)C3)n1. The molecular formula is C17H27N3. The Morgan fingerprint density at radius 1 is 1.20 bits per heavy atom. The molecule has 4 aliphatic rings. The number of hydrogen-bond donors (Lipinski definition) is 1. The maximum absolute atomic E-state index is 6.20. The van der Waals surface area contributed by atoms with Crippen LogP contribution >= 0.6 is 0 Å². The van der Waals surface area contributed by atoms with Crippen molar-refractivity contribution >= 4 is 5.82 Å². The van der Waals surface area contributed by atoms with Crippen molar-refractivity contribution in [1.29, 1.82) is 0 Å². The summed E-state index contributed by atoms with van der Waals surface area (Å²) in [6, 6.07) is 2.09. The van der Waals surface area contributed by atoms with Gasteiger partial charge in [0.1, 0.15) is 5.82 Å². The van der Waals surface area contributed by atoms with Crippen LogP contribution in [0, 0.1) is 23.2 Å². The third kappa shape index (κ3) is 2.06. The van der Waals surface area contributed by atoms with Gasteiger partial charge in [0.15, 0.2) is 0 Å². The molecule has 4 aliphatic carbocycles. The van der Waals surface area contributed by atoms with Crippen LogP contribution in [0.5, 0.6) is 0 Å². The normalized spacial score (nSPS) is 38.5. The Labute approximate surface area is 121 Å². The van der Waals surface area contributed by atoms with Gasteiger partial charge in [0.2, 0.25) is 0 Å². The summed E-state index contributed by atoms with van der Waals surface area (Å²) in [4.78, 5) is 0. The van der Waals surface area contributed by atoms with E-state index in [1.807, 2.05) is 0 Å². The van der Waals surface area contributed by atoms with E-state index in [9.17, 15) is 0 Å². The van der Waals surface area contributed by atoms with Crippen LogP contribution in [0.15, 0.2) is 6.07 Å². The van der Waals surface area contributed by atoms with Crippen LogP contribution in [0.25, 0.3) is 0 Å². The second kappa shape index (κ2) is 4.51. The van der Waals surface area contributed by atoms with E-state index in [1.54, 1.807) is 0 Å². The molecule has 1 aromatic heterocycles. The molecule has 4 fully saturated rings. The summed E-state index contributed by atoms with van der Waals surface area (Å²) in [6.45, 7) is 3.28. The third-order valence-electron chi connectivity index (χ3n) is 6.02. The van der Waals surface area contributed by atoms with Gasteiger partial charge in [-0.1, -0.05) is 13.3 Å². The Morgan fingerprint density at radius 3 is 2.35 bits per heavy atom. The molecule has 4 saturated carbocycles. The maximum Gasteiger partial charge on any atom is 0.121 e. The van der Waals surface area contributed by atoms with Gasteiger partial charge < -0.3 is 5.73 Å². The van der Waals surface area contributed by atoms with Crippen molar-refractivity contribution in [3.05, 3.63) is 11.8 Å². The van der Waals surface area contributed by atoms with Gasteiger partial charge in [-0.3, -0.25) is 0 Å². The van der Waals surface area contributed by atoms with E-state index < -0.39 is 0 Å². The smallest absolute Gasteiger partial charge is 0.121 e. The molecule has 3 heteroatoms. The van der Waals surface area contributed by atoms with Crippen molar-refractivity contribution in [3.63, 3.8) is 0 Å². The van der Waals surface area contributed by atoms with Crippen molar-refractivity contribution < 1.29 is 0 Å². The molecular weight excluding hydrogens is 246 g/mol. The minimum atomic E-state index is 0.526. The Bertz CT molecular complexity index is 467. The van der Waals surface area contributed by atoms with E-state index in [2.05, 4.69) is 17.7 Å². The van der Waals surface area contributed by atoms with E-state index in [-0.39, 0.29) is 0 Å². The van der Waals surface area contributed by atoms with Gasteiger partial charge in [0.25, 0.3) is 0 Å². The first kappa shape index (κ1) is 12.7. The van der Waals surface area contributed by atoms with Crippen LogP contribution in [-0.4, -0.2) is 9.78 Å². The molecule has 0 spiro atoms. The fourth-order valence-electron chi connectivity index (χ4n) is 5.79. The molecule has 0 atom stereocenters. The maximum atomic E-state index is 6.20. The first-order valence-electron chi connectivity index (χ1n) is 8.48. The zero-order chi connectivity index (χ0) is 13.7. The summed E-state index contributed by atoms with van der Waals surface area (Å²) in [5.74, 6) is 3.90. The van der Waals surface area contributed by atoms with Crippen LogP contribution in [0.1, 0.15) is 57.6 Å². The molecule has 0 aliphatic heterocycles. The molecule has 1 heterocycles. The van der Waals surface area contributed by atoms with Crippen LogP contribution < -0.4 is 5.73 Å². The summed E-state index contributed by atoms with van der Waals surface area (Å²) < 4.78 is 2.12. The molecule has 4 bridgehead atoms. The van der Waals surface area contributed by atoms with Gasteiger partial charge in [-0.2, -0.15) is 5.10 Å². The predicted octanol–water partition coefficient (Wildman–Crippen LogP) is 3.63. The quantitative estimate of drug-likeness (QED) is 0.910. The molecule has 20 heavy (non-hydrogen) atoms. The molecule has 0 unspecified atom stereocenters. The van der Waals surface area contributed by atoms with Crippen molar-refractivity contribution in [2.75, 3.05) is 5.73 Å². The van der Waals surface area contributed by atoms with Crippen molar-refractivity contribution in [1.82, 2.24) is 9.78 Å². The lowest BCUT2D eigenvalue weighted by Crippen LogP contribution is -2.48. The molecule has 1 aromatic rings. The highest BCUT2D eigenvalue weighted by Crippen LogP contribution is 2.60. The standard InChI is InChI=1S/C17H27N3/c1-2-3-15-7-16(18)20(19-15)11-17-8-12-4-13(9-17)6-14(5-12)10-17/h7,12-14H,2-6,8-11,18H2,1H3. The van der Waals surface area contributed by atoms with E-state index in [0.29, 0.717) is 5.41 Å². The molecule has 0 saturated heterocycles. The Hall–Kier alpha value is -0.990. The van der Waals surface area contributed by atoms with Crippen LogP contribution in [0.2, 0.25) is 0 Å². The number of anilines is 1. The van der Waals surface area contributed by atoms with Gasteiger partial charge in [-0.25, -0.2) is 4.68 Å². The van der Waals surface area contributed by atoms with Crippen molar-refractivity contribution in [2.45, 2.75) is 64.8 Å². The fraction of sp³-hybridized carbons (Fsp3) is 0.824. The average molecular weight is 273 g/mol. The summed E-state index contributed by atoms with van der Waals surface area (Å²) >= 11 is 0. The number of aryl methyl sites for hydroxylation is 1. The number of aromatic nitrogens is 2. The number of nitrogen functional groups attached to an aromatic ring is 1. The molecule has 5 rings (SSSR count). The van der Waals surface area contributed by atoms with Crippen molar-refractivity contribution in [2.24, 2.45) is 23.2 Å². The summed E-state index contributed by atoms with van der Waals surface area (Å²) in [5, 5.41) is 4.77. The topological polar surface area (TPSA) is 43.8 Å². The monoisotopic (exact) mass is 273 g/mol. The first-order chi connectivity index (χ1) is 9.66. The zero-order valence-corrected chi connectivity index (χ0v) is 12.6. The van der Waals surface area contributed by atoms with E-state index in [1.165, 1.54) is 44.2 Å². The van der Waals surface area contributed by atoms with E-state index in [4.69, 9.17) is 10.8 Å². The number of nitrogens with two attached hydrogens (primary N) is 1. The molecule has 3 nitrogen and oxygen atoms in total. The third-order valence-corrected chi connectivity index (χ3v) is 6.02. The molecule has 2 N–H and O–H groups in total. The van der Waals surface area contributed by atoms with E-state index >= 15 is 0 Å². The molecule has 110 valence electrons. The lowest BCUT2D eigenvalue weighted by molar-refractivity contribution is -0.0632. The second-order valence-corrected chi connectivity index (χ2v) is 7.89. The second-order valence-electron chi connectivity index (χ2n) is 7.89. The van der Waals surface area contributed by atoms with Gasteiger partial charge >= 0.3 is 0 Å². The summed E-state index contributed by atoms with van der Waals surface area (Å²) in [5.41, 5.74) is 7.90. The Morgan fingerprint density at radius 2 is 1.80 bits per heavy atom. The average Bonchev–Trinajstić information content (AvgIpc) is 2.67. The lowest BCUT2D eigenvalue weighted by atomic mass is 9.49. The van der Waals surface area contributed by atoms with Crippen molar-refractivity contribution in [3.8, 4) is 0 Å². The van der Waals surface area contributed by atoms with E-state index in [0.717, 1.165) is 43.0 Å². The summed E-state index contributed by atoms with van der Waals surface area (Å²) in [7, 11) is 0. The Balaban J connectivity index is 1.56. The first-order valence-corrected chi connectivity index (χ1v) is 8.48. The van der Waals surface area contributed by atoms with Gasteiger partial charge in [-0.15, -0.1) is 0 Å². The lowest BCUT2D eigenvalue weighted by Gasteiger charge is -2.56. The van der Waals surface area contributed by atoms with Crippen LogP contribution in [0.3, 0.4) is 0 Å². The number of rotatable bonds is 4. The highest BCUT2D eigenvalue weighted by atomic mass is 15.3. The fourth-order valence-corrected chi connectivity index (χ4v) is 5.79. The Kier molecular flexibility index (Phi) is 2.87. The molecule has 0 amide bonds. The molecule has 0 aromatic carbocycles. The summed E-state index contributed by atoms with van der Waals surface area (Å²) in [6.07, 6.45) is 11.0.